The Hall–Kier alpha value is -2.36. The van der Waals surface area contributed by atoms with E-state index in [0.29, 0.717) is 5.56 Å². The molecule has 1 aromatic rings. The van der Waals surface area contributed by atoms with Gasteiger partial charge in [0.05, 0.1) is 0 Å². The molecule has 0 radical (unpaired) electrons. The number of aryl methyl sites for hydroxylation is 1. The quantitative estimate of drug-likeness (QED) is 0.252. The summed E-state index contributed by atoms with van der Waals surface area (Å²) in [7, 11) is -5.84. The molecule has 10 heteroatoms. The number of sulfonamides is 1. The summed E-state index contributed by atoms with van der Waals surface area (Å²) in [6, 6.07) is 5.89. The van der Waals surface area contributed by atoms with E-state index in [1.54, 1.807) is 0 Å². The van der Waals surface area contributed by atoms with Crippen LogP contribution in [0.2, 0.25) is 0 Å². The number of carbonyl (C=O) groups excluding carboxylic acids is 1. The molecule has 0 aliphatic rings. The number of rotatable bonds is 6. The Bertz CT molecular complexity index is 769. The number of carbonyl (C=O) groups is 1. The number of hydrogen-bond acceptors (Lipinski definition) is 5. The first-order valence-corrected chi connectivity index (χ1v) is 7.90. The molecule has 24 heavy (non-hydrogen) atoms. The molecular formula is C14H13F3NO5S-. The predicted molar refractivity (Wildman–Crippen MR) is 77.6 cm³/mol. The van der Waals surface area contributed by atoms with Gasteiger partial charge in [0.25, 0.3) is 0 Å². The summed E-state index contributed by atoms with van der Waals surface area (Å²) in [6.45, 7) is 4.86. The number of alkyl halides is 3. The fraction of sp³-hybridized carbons (Fsp3) is 0.286. The van der Waals surface area contributed by atoms with Crippen molar-refractivity contribution in [2.24, 2.45) is 4.40 Å². The lowest BCUT2D eigenvalue weighted by Gasteiger charge is -2.12. The van der Waals surface area contributed by atoms with Gasteiger partial charge in [0, 0.05) is 5.57 Å². The smallest absolute Gasteiger partial charge is 0.518 e. The van der Waals surface area contributed by atoms with Gasteiger partial charge in [0.1, 0.15) is 5.75 Å². The zero-order valence-corrected chi connectivity index (χ0v) is 13.3. The van der Waals surface area contributed by atoms with Crippen LogP contribution in [0.4, 0.5) is 13.2 Å². The number of halogens is 3. The summed E-state index contributed by atoms with van der Waals surface area (Å²) in [4.78, 5) is 11.4. The number of esters is 1. The highest BCUT2D eigenvalue weighted by Gasteiger charge is 2.45. The summed E-state index contributed by atoms with van der Waals surface area (Å²) < 4.78 is 64.9. The molecule has 1 aromatic carbocycles. The van der Waals surface area contributed by atoms with Crippen LogP contribution in [0.3, 0.4) is 0 Å². The minimum absolute atomic E-state index is 0.0752. The van der Waals surface area contributed by atoms with Crippen molar-refractivity contribution in [1.82, 2.24) is 0 Å². The number of nitrogens with zero attached hydrogens (tertiary/aromatic N) is 1. The van der Waals surface area contributed by atoms with Crippen molar-refractivity contribution in [3.63, 3.8) is 0 Å². The fourth-order valence-corrected chi connectivity index (χ4v) is 1.90. The van der Waals surface area contributed by atoms with Gasteiger partial charge in [-0.05, 0) is 43.4 Å². The maximum absolute atomic E-state index is 12.1. The van der Waals surface area contributed by atoms with Crippen molar-refractivity contribution >= 4 is 21.9 Å². The Morgan fingerprint density at radius 1 is 1.38 bits per heavy atom. The van der Waals surface area contributed by atoms with Crippen LogP contribution in [0, 0.1) is 0 Å². The lowest BCUT2D eigenvalue weighted by atomic mass is 10.1. The molecule has 6 nitrogen and oxygen atoms in total. The van der Waals surface area contributed by atoms with Crippen LogP contribution in [0.1, 0.15) is 18.9 Å². The maximum Gasteiger partial charge on any atom is 0.518 e. The summed E-state index contributed by atoms with van der Waals surface area (Å²) in [5, 5.41) is 11.3. The predicted octanol–water partition coefficient (Wildman–Crippen LogP) is 1.71. The van der Waals surface area contributed by atoms with Crippen molar-refractivity contribution in [3.05, 3.63) is 42.0 Å². The molecule has 0 saturated carbocycles. The van der Waals surface area contributed by atoms with Crippen LogP contribution in [0.15, 0.2) is 40.8 Å². The lowest BCUT2D eigenvalue weighted by Crippen LogP contribution is -2.26. The number of hydrogen-bond donors (Lipinski definition) is 0. The maximum atomic E-state index is 12.1. The molecule has 0 aliphatic carbocycles. The monoisotopic (exact) mass is 364 g/mol. The standard InChI is InChI=1S/C14H14F3NO5S/c1-9(2)13(20)23-11-5-3-4-10(8-11)6-7-12(19)18-24(21,22)14(15,16)17/h3-5,8H,1,6-7H2,2H3,(H,18,19)/p-1. The summed E-state index contributed by atoms with van der Waals surface area (Å²) in [5.74, 6) is -1.92. The Labute approximate surface area is 136 Å². The van der Waals surface area contributed by atoms with Gasteiger partial charge in [0.15, 0.2) is 0 Å². The second-order valence-corrected chi connectivity index (χ2v) is 6.32. The molecule has 0 aromatic heterocycles. The van der Waals surface area contributed by atoms with E-state index in [1.807, 2.05) is 0 Å². The highest BCUT2D eigenvalue weighted by atomic mass is 32.2. The molecule has 0 unspecified atom stereocenters. The van der Waals surface area contributed by atoms with E-state index in [9.17, 15) is 31.5 Å². The van der Waals surface area contributed by atoms with Gasteiger partial charge in [-0.3, -0.25) is 0 Å². The van der Waals surface area contributed by atoms with E-state index < -0.39 is 33.8 Å². The molecule has 0 spiro atoms. The van der Waals surface area contributed by atoms with Gasteiger partial charge in [-0.25, -0.2) is 4.79 Å². The Morgan fingerprint density at radius 2 is 2.00 bits per heavy atom. The van der Waals surface area contributed by atoms with E-state index in [4.69, 9.17) is 4.74 Å². The molecule has 132 valence electrons. The normalized spacial score (nSPS) is 12.8. The van der Waals surface area contributed by atoms with E-state index in [0.717, 1.165) is 0 Å². The third kappa shape index (κ3) is 5.69. The average molecular weight is 364 g/mol. The Morgan fingerprint density at radius 3 is 2.54 bits per heavy atom. The average Bonchev–Trinajstić information content (AvgIpc) is 2.43. The fourth-order valence-electron chi connectivity index (χ4n) is 1.44. The van der Waals surface area contributed by atoms with Gasteiger partial charge >= 0.3 is 21.5 Å². The van der Waals surface area contributed by atoms with Gasteiger partial charge in [-0.2, -0.15) is 26.0 Å². The molecule has 0 saturated heterocycles. The first-order valence-electron chi connectivity index (χ1n) is 6.46. The second-order valence-electron chi connectivity index (χ2n) is 4.72. The Balaban J connectivity index is 2.78. The molecule has 0 heterocycles. The van der Waals surface area contributed by atoms with Gasteiger partial charge in [-0.15, -0.1) is 0 Å². The van der Waals surface area contributed by atoms with E-state index in [-0.39, 0.29) is 17.7 Å². The minimum Gasteiger partial charge on any atom is -0.861 e. The van der Waals surface area contributed by atoms with Crippen molar-refractivity contribution in [2.45, 2.75) is 25.3 Å². The minimum atomic E-state index is -5.84. The molecule has 0 N–H and O–H groups in total. The van der Waals surface area contributed by atoms with E-state index in [1.165, 1.54) is 31.2 Å². The SMILES string of the molecule is C=C(C)C(=O)Oc1cccc(CC/C([O-])=N/S(=O)(=O)C(F)(F)F)c1. The van der Waals surface area contributed by atoms with Crippen LogP contribution in [0.25, 0.3) is 0 Å². The third-order valence-electron chi connectivity index (χ3n) is 2.60. The number of benzene rings is 1. The van der Waals surface area contributed by atoms with Crippen molar-refractivity contribution in [1.29, 1.82) is 0 Å². The topological polar surface area (TPSA) is 95.9 Å². The van der Waals surface area contributed by atoms with Gasteiger partial charge in [0.2, 0.25) is 0 Å². The van der Waals surface area contributed by atoms with Crippen molar-refractivity contribution < 1.29 is 36.2 Å². The molecular weight excluding hydrogens is 351 g/mol. The zero-order chi connectivity index (χ0) is 18.5. The zero-order valence-electron chi connectivity index (χ0n) is 12.5. The molecule has 1 rings (SSSR count). The summed E-state index contributed by atoms with van der Waals surface area (Å²) >= 11 is 0. The summed E-state index contributed by atoms with van der Waals surface area (Å²) in [6.07, 6.45) is -0.624. The second kappa shape index (κ2) is 7.47. The van der Waals surface area contributed by atoms with Crippen LogP contribution >= 0.6 is 0 Å². The number of ether oxygens (including phenoxy) is 1. The first kappa shape index (κ1) is 19.7. The van der Waals surface area contributed by atoms with Crippen LogP contribution < -0.4 is 9.84 Å². The molecule has 0 atom stereocenters. The summed E-state index contributed by atoms with van der Waals surface area (Å²) in [5.41, 5.74) is -4.99. The van der Waals surface area contributed by atoms with Crippen LogP contribution in [0.5, 0.6) is 5.75 Å². The van der Waals surface area contributed by atoms with Gasteiger partial charge < -0.3 is 9.84 Å². The highest BCUT2D eigenvalue weighted by molar-refractivity contribution is 7.91. The highest BCUT2D eigenvalue weighted by Crippen LogP contribution is 2.24. The largest absolute Gasteiger partial charge is 0.861 e. The van der Waals surface area contributed by atoms with E-state index in [2.05, 4.69) is 11.0 Å². The Kier molecular flexibility index (Phi) is 6.13. The van der Waals surface area contributed by atoms with Crippen molar-refractivity contribution in [2.75, 3.05) is 0 Å². The van der Waals surface area contributed by atoms with Crippen LogP contribution in [-0.2, 0) is 21.2 Å². The van der Waals surface area contributed by atoms with Crippen LogP contribution in [-0.4, -0.2) is 25.8 Å². The molecule has 0 amide bonds. The molecule has 0 fully saturated rings. The molecule has 0 bridgehead atoms. The first-order chi connectivity index (χ1) is 10.9. The van der Waals surface area contributed by atoms with Crippen molar-refractivity contribution in [3.8, 4) is 5.75 Å². The van der Waals surface area contributed by atoms with Gasteiger partial charge in [-0.1, -0.05) is 18.7 Å². The molecule has 0 aliphatic heterocycles. The van der Waals surface area contributed by atoms with E-state index >= 15 is 0 Å². The third-order valence-corrected chi connectivity index (χ3v) is 3.63. The lowest BCUT2D eigenvalue weighted by molar-refractivity contribution is -0.218.